The highest BCUT2D eigenvalue weighted by Gasteiger charge is 2.09. The van der Waals surface area contributed by atoms with Gasteiger partial charge in [0, 0.05) is 11.1 Å². The number of fused-ring (bicyclic) bond motifs is 1. The lowest BCUT2D eigenvalue weighted by atomic mass is 10.0. The highest BCUT2D eigenvalue weighted by atomic mass is 19.1. The number of primary amides is 1. The lowest BCUT2D eigenvalue weighted by molar-refractivity contribution is 0.1000. The fourth-order valence-corrected chi connectivity index (χ4v) is 2.01. The Kier molecular flexibility index (Phi) is 2.52. The van der Waals surface area contributed by atoms with Crippen molar-refractivity contribution in [3.63, 3.8) is 0 Å². The number of hydrogen-bond donors (Lipinski definition) is 2. The van der Waals surface area contributed by atoms with Gasteiger partial charge < -0.3 is 10.7 Å². The Bertz CT molecular complexity index is 779. The zero-order valence-electron chi connectivity index (χ0n) is 9.85. The first-order valence-corrected chi connectivity index (χ1v) is 5.68. The predicted octanol–water partition coefficient (Wildman–Crippen LogP) is 2.47. The van der Waals surface area contributed by atoms with Crippen molar-refractivity contribution < 1.29 is 9.18 Å². The van der Waals surface area contributed by atoms with Crippen LogP contribution >= 0.6 is 0 Å². The lowest BCUT2D eigenvalue weighted by Gasteiger charge is -2.05. The van der Waals surface area contributed by atoms with Crippen LogP contribution in [-0.4, -0.2) is 15.9 Å². The van der Waals surface area contributed by atoms with Crippen LogP contribution in [-0.2, 0) is 0 Å². The molecule has 2 aromatic carbocycles. The number of benzene rings is 2. The number of aromatic amines is 1. The molecule has 0 aliphatic heterocycles. The summed E-state index contributed by atoms with van der Waals surface area (Å²) in [5.41, 5.74) is 8.05. The molecule has 0 radical (unpaired) electrons. The first kappa shape index (κ1) is 11.4. The van der Waals surface area contributed by atoms with Gasteiger partial charge in [0.1, 0.15) is 5.82 Å². The van der Waals surface area contributed by atoms with Crippen molar-refractivity contribution in [3.8, 4) is 11.1 Å². The van der Waals surface area contributed by atoms with Gasteiger partial charge in [-0.1, -0.05) is 12.1 Å². The number of nitrogens with two attached hydrogens (primary N) is 1. The molecule has 1 amide bonds. The molecular weight excluding hydrogens is 245 g/mol. The number of nitrogens with one attached hydrogen (secondary N) is 1. The third-order valence-corrected chi connectivity index (χ3v) is 2.98. The molecule has 94 valence electrons. The highest BCUT2D eigenvalue weighted by molar-refractivity contribution is 5.93. The topological polar surface area (TPSA) is 71.8 Å². The Hall–Kier alpha value is -2.69. The monoisotopic (exact) mass is 255 g/mol. The third-order valence-electron chi connectivity index (χ3n) is 2.98. The fourth-order valence-electron chi connectivity index (χ4n) is 2.01. The standard InChI is InChI=1S/C14H10FN3O/c15-11-5-9(14(16)19)1-3-10(11)8-2-4-12-13(6-8)18-7-17-12/h1-7H,(H2,16,19)(H,17,18). The average Bonchev–Trinajstić information content (AvgIpc) is 2.85. The van der Waals surface area contributed by atoms with Crippen molar-refractivity contribution in [1.29, 1.82) is 0 Å². The second-order valence-corrected chi connectivity index (χ2v) is 4.19. The van der Waals surface area contributed by atoms with Gasteiger partial charge in [-0.2, -0.15) is 0 Å². The highest BCUT2D eigenvalue weighted by Crippen LogP contribution is 2.26. The Morgan fingerprint density at radius 3 is 2.79 bits per heavy atom. The number of rotatable bonds is 2. The molecule has 3 aromatic rings. The molecule has 3 rings (SSSR count). The number of H-pyrrole nitrogens is 1. The molecule has 0 fully saturated rings. The summed E-state index contributed by atoms with van der Waals surface area (Å²) < 4.78 is 14.0. The Labute approximate surface area is 108 Å². The quantitative estimate of drug-likeness (QED) is 0.738. The summed E-state index contributed by atoms with van der Waals surface area (Å²) in [7, 11) is 0. The van der Waals surface area contributed by atoms with E-state index in [9.17, 15) is 9.18 Å². The molecule has 0 saturated heterocycles. The Morgan fingerprint density at radius 2 is 2.05 bits per heavy atom. The second kappa shape index (κ2) is 4.20. The maximum Gasteiger partial charge on any atom is 0.248 e. The van der Waals surface area contributed by atoms with Crippen molar-refractivity contribution in [1.82, 2.24) is 9.97 Å². The van der Waals surface area contributed by atoms with E-state index in [1.807, 2.05) is 12.1 Å². The zero-order valence-corrected chi connectivity index (χ0v) is 9.85. The minimum atomic E-state index is -0.644. The summed E-state index contributed by atoms with van der Waals surface area (Å²) in [6.07, 6.45) is 1.58. The predicted molar refractivity (Wildman–Crippen MR) is 70.0 cm³/mol. The summed E-state index contributed by atoms with van der Waals surface area (Å²) in [6.45, 7) is 0. The van der Waals surface area contributed by atoms with E-state index in [-0.39, 0.29) is 5.56 Å². The molecule has 0 aliphatic carbocycles. The normalized spacial score (nSPS) is 10.8. The van der Waals surface area contributed by atoms with Crippen LogP contribution in [0.4, 0.5) is 4.39 Å². The van der Waals surface area contributed by atoms with E-state index >= 15 is 0 Å². The van der Waals surface area contributed by atoms with Gasteiger partial charge in [-0.15, -0.1) is 0 Å². The summed E-state index contributed by atoms with van der Waals surface area (Å²) in [5.74, 6) is -1.12. The van der Waals surface area contributed by atoms with Crippen LogP contribution in [0.3, 0.4) is 0 Å². The van der Waals surface area contributed by atoms with Gasteiger partial charge in [0.05, 0.1) is 17.4 Å². The van der Waals surface area contributed by atoms with Gasteiger partial charge in [0.2, 0.25) is 5.91 Å². The molecule has 19 heavy (non-hydrogen) atoms. The number of amides is 1. The Balaban J connectivity index is 2.12. The van der Waals surface area contributed by atoms with Crippen molar-refractivity contribution in [2.45, 2.75) is 0 Å². The van der Waals surface area contributed by atoms with Gasteiger partial charge in [0.15, 0.2) is 0 Å². The molecule has 0 unspecified atom stereocenters. The number of carbonyl (C=O) groups excluding carboxylic acids is 1. The lowest BCUT2D eigenvalue weighted by Crippen LogP contribution is -2.11. The van der Waals surface area contributed by atoms with Crippen molar-refractivity contribution >= 4 is 16.9 Å². The largest absolute Gasteiger partial charge is 0.366 e. The molecule has 1 heterocycles. The first-order valence-electron chi connectivity index (χ1n) is 5.68. The maximum absolute atomic E-state index is 14.0. The van der Waals surface area contributed by atoms with Crippen LogP contribution in [0, 0.1) is 5.82 Å². The second-order valence-electron chi connectivity index (χ2n) is 4.19. The number of imidazole rings is 1. The first-order chi connectivity index (χ1) is 9.15. The third kappa shape index (κ3) is 1.95. The minimum absolute atomic E-state index is 0.156. The molecule has 0 bridgehead atoms. The number of hydrogen-bond acceptors (Lipinski definition) is 2. The number of aromatic nitrogens is 2. The molecule has 0 atom stereocenters. The van der Waals surface area contributed by atoms with Crippen molar-refractivity contribution in [2.24, 2.45) is 5.73 Å². The SMILES string of the molecule is NC(=O)c1ccc(-c2ccc3nc[nH]c3c2)c(F)c1. The van der Waals surface area contributed by atoms with E-state index < -0.39 is 11.7 Å². The Morgan fingerprint density at radius 1 is 1.21 bits per heavy atom. The van der Waals surface area contributed by atoms with Crippen LogP contribution in [0.15, 0.2) is 42.7 Å². The van der Waals surface area contributed by atoms with Crippen LogP contribution in [0.5, 0.6) is 0 Å². The van der Waals surface area contributed by atoms with Crippen LogP contribution < -0.4 is 5.73 Å². The minimum Gasteiger partial charge on any atom is -0.366 e. The van der Waals surface area contributed by atoms with Gasteiger partial charge in [-0.25, -0.2) is 9.37 Å². The molecular formula is C14H10FN3O. The molecule has 1 aromatic heterocycles. The zero-order chi connectivity index (χ0) is 13.4. The molecule has 0 aliphatic rings. The smallest absolute Gasteiger partial charge is 0.248 e. The number of halogens is 1. The molecule has 5 heteroatoms. The van der Waals surface area contributed by atoms with Crippen LogP contribution in [0.1, 0.15) is 10.4 Å². The van der Waals surface area contributed by atoms with Gasteiger partial charge >= 0.3 is 0 Å². The fraction of sp³-hybridized carbons (Fsp3) is 0. The molecule has 3 N–H and O–H groups in total. The summed E-state index contributed by atoms with van der Waals surface area (Å²) in [4.78, 5) is 18.1. The maximum atomic E-state index is 14.0. The van der Waals surface area contributed by atoms with Gasteiger partial charge in [0.25, 0.3) is 0 Å². The van der Waals surface area contributed by atoms with Gasteiger partial charge in [-0.3, -0.25) is 4.79 Å². The van der Waals surface area contributed by atoms with E-state index in [1.165, 1.54) is 6.07 Å². The van der Waals surface area contributed by atoms with E-state index in [2.05, 4.69) is 9.97 Å². The number of nitrogens with zero attached hydrogens (tertiary/aromatic N) is 1. The molecule has 0 saturated carbocycles. The average molecular weight is 255 g/mol. The van der Waals surface area contributed by atoms with Gasteiger partial charge in [-0.05, 0) is 29.8 Å². The van der Waals surface area contributed by atoms with E-state index in [1.54, 1.807) is 18.5 Å². The van der Waals surface area contributed by atoms with E-state index in [0.717, 1.165) is 17.1 Å². The van der Waals surface area contributed by atoms with E-state index in [4.69, 9.17) is 5.73 Å². The van der Waals surface area contributed by atoms with Crippen LogP contribution in [0.25, 0.3) is 22.2 Å². The van der Waals surface area contributed by atoms with E-state index in [0.29, 0.717) is 11.1 Å². The summed E-state index contributed by atoms with van der Waals surface area (Å²) >= 11 is 0. The summed E-state index contributed by atoms with van der Waals surface area (Å²) in [5, 5.41) is 0. The number of carbonyl (C=O) groups is 1. The van der Waals surface area contributed by atoms with Crippen LogP contribution in [0.2, 0.25) is 0 Å². The van der Waals surface area contributed by atoms with Crippen molar-refractivity contribution in [3.05, 3.63) is 54.1 Å². The molecule has 0 spiro atoms. The summed E-state index contributed by atoms with van der Waals surface area (Å²) in [6, 6.07) is 9.61. The molecule has 4 nitrogen and oxygen atoms in total. The van der Waals surface area contributed by atoms with Crippen molar-refractivity contribution in [2.75, 3.05) is 0 Å².